The van der Waals surface area contributed by atoms with Crippen LogP contribution in [0.25, 0.3) is 0 Å². The largest absolute Gasteiger partial charge is 0.336 e. The Labute approximate surface area is 160 Å². The van der Waals surface area contributed by atoms with Crippen LogP contribution in [0.15, 0.2) is 53.4 Å². The molecule has 0 atom stereocenters. The van der Waals surface area contributed by atoms with Crippen molar-refractivity contribution in [2.75, 3.05) is 37.9 Å². The van der Waals surface area contributed by atoms with Crippen molar-refractivity contribution in [3.8, 4) is 0 Å². The highest BCUT2D eigenvalue weighted by Gasteiger charge is 2.22. The molecule has 0 radical (unpaired) electrons. The summed E-state index contributed by atoms with van der Waals surface area (Å²) in [6, 6.07) is 13.6. The van der Waals surface area contributed by atoms with Crippen molar-refractivity contribution in [3.05, 3.63) is 59.7 Å². The molecular weight excluding hydrogens is 362 g/mol. The molecule has 0 aliphatic carbocycles. The fourth-order valence-corrected chi connectivity index (χ4v) is 4.27. The van der Waals surface area contributed by atoms with Crippen molar-refractivity contribution in [1.82, 2.24) is 9.80 Å². The summed E-state index contributed by atoms with van der Waals surface area (Å²) in [5, 5.41) is 0. The molecule has 7 heteroatoms. The molecule has 27 heavy (non-hydrogen) atoms. The first kappa shape index (κ1) is 19.4. The number of sulfonamides is 1. The molecule has 2 aromatic rings. The Kier molecular flexibility index (Phi) is 5.82. The number of likely N-dealkylation sites (N-methyl/N-ethyl adjacent to an activating group) is 1. The molecule has 1 heterocycles. The smallest absolute Gasteiger partial charge is 0.261 e. The second-order valence-corrected chi connectivity index (χ2v) is 8.42. The number of amides is 1. The number of piperazine rings is 1. The van der Waals surface area contributed by atoms with Gasteiger partial charge in [-0.15, -0.1) is 0 Å². The number of anilines is 1. The first-order valence-corrected chi connectivity index (χ1v) is 10.6. The second kappa shape index (κ2) is 8.10. The maximum atomic E-state index is 12.8. The molecular formula is C20H25N3O3S. The van der Waals surface area contributed by atoms with Crippen LogP contribution in [0.3, 0.4) is 0 Å². The number of hydrogen-bond donors (Lipinski definition) is 1. The van der Waals surface area contributed by atoms with Crippen LogP contribution in [-0.4, -0.2) is 57.4 Å². The van der Waals surface area contributed by atoms with Crippen LogP contribution in [-0.2, 0) is 16.4 Å². The van der Waals surface area contributed by atoms with E-state index in [4.69, 9.17) is 0 Å². The third-order valence-corrected chi connectivity index (χ3v) is 6.19. The molecule has 1 aliphatic rings. The summed E-state index contributed by atoms with van der Waals surface area (Å²) in [6.07, 6.45) is 0.723. The number of carbonyl (C=O) groups is 1. The van der Waals surface area contributed by atoms with E-state index in [9.17, 15) is 13.2 Å². The van der Waals surface area contributed by atoms with Gasteiger partial charge >= 0.3 is 0 Å². The fourth-order valence-electron chi connectivity index (χ4n) is 3.12. The van der Waals surface area contributed by atoms with Crippen LogP contribution in [0.2, 0.25) is 0 Å². The monoisotopic (exact) mass is 387 g/mol. The molecule has 1 amide bonds. The van der Waals surface area contributed by atoms with Gasteiger partial charge in [0, 0.05) is 31.7 Å². The number of para-hydroxylation sites is 1. The van der Waals surface area contributed by atoms with Gasteiger partial charge in [0.2, 0.25) is 0 Å². The Balaban J connectivity index is 1.82. The molecule has 1 aliphatic heterocycles. The zero-order valence-electron chi connectivity index (χ0n) is 15.7. The summed E-state index contributed by atoms with van der Waals surface area (Å²) in [5.41, 5.74) is 1.88. The van der Waals surface area contributed by atoms with Crippen molar-refractivity contribution < 1.29 is 13.2 Å². The van der Waals surface area contributed by atoms with E-state index in [0.717, 1.165) is 25.1 Å². The SMILES string of the molecule is CCc1ccccc1NS(=O)(=O)c1cccc(C(=O)N2CCN(C)CC2)c1. The number of carbonyl (C=O) groups excluding carboxylic acids is 1. The maximum absolute atomic E-state index is 12.8. The highest BCUT2D eigenvalue weighted by Crippen LogP contribution is 2.21. The van der Waals surface area contributed by atoms with Gasteiger partial charge in [-0.3, -0.25) is 9.52 Å². The van der Waals surface area contributed by atoms with E-state index in [1.165, 1.54) is 12.1 Å². The van der Waals surface area contributed by atoms with E-state index >= 15 is 0 Å². The third kappa shape index (κ3) is 4.48. The number of benzene rings is 2. The maximum Gasteiger partial charge on any atom is 0.261 e. The number of aryl methyl sites for hydroxylation is 1. The van der Waals surface area contributed by atoms with Gasteiger partial charge in [-0.05, 0) is 43.3 Å². The Bertz CT molecular complexity index is 920. The van der Waals surface area contributed by atoms with Crippen LogP contribution in [0, 0.1) is 0 Å². The number of nitrogens with zero attached hydrogens (tertiary/aromatic N) is 2. The summed E-state index contributed by atoms with van der Waals surface area (Å²) >= 11 is 0. The summed E-state index contributed by atoms with van der Waals surface area (Å²) < 4.78 is 28.3. The molecule has 3 rings (SSSR count). The first-order chi connectivity index (χ1) is 12.9. The molecule has 6 nitrogen and oxygen atoms in total. The average Bonchev–Trinajstić information content (AvgIpc) is 2.68. The Morgan fingerprint density at radius 2 is 1.74 bits per heavy atom. The van der Waals surface area contributed by atoms with Crippen LogP contribution < -0.4 is 4.72 Å². The Hall–Kier alpha value is -2.38. The second-order valence-electron chi connectivity index (χ2n) is 6.74. The highest BCUT2D eigenvalue weighted by molar-refractivity contribution is 7.92. The summed E-state index contributed by atoms with van der Waals surface area (Å²) in [5.74, 6) is -0.130. The third-order valence-electron chi connectivity index (χ3n) is 4.82. The molecule has 0 bridgehead atoms. The van der Waals surface area contributed by atoms with Crippen LogP contribution >= 0.6 is 0 Å². The molecule has 144 valence electrons. The number of rotatable bonds is 5. The minimum absolute atomic E-state index is 0.0911. The predicted molar refractivity (Wildman–Crippen MR) is 106 cm³/mol. The predicted octanol–water partition coefficient (Wildman–Crippen LogP) is 2.44. The number of nitrogens with one attached hydrogen (secondary N) is 1. The topological polar surface area (TPSA) is 69.7 Å². The normalized spacial score (nSPS) is 15.6. The molecule has 1 fully saturated rings. The molecule has 0 saturated carbocycles. The van der Waals surface area contributed by atoms with E-state index in [0.29, 0.717) is 24.3 Å². The van der Waals surface area contributed by atoms with Crippen LogP contribution in [0.5, 0.6) is 0 Å². The van der Waals surface area contributed by atoms with Gasteiger partial charge in [-0.25, -0.2) is 8.42 Å². The van der Waals surface area contributed by atoms with Crippen molar-refractivity contribution in [2.24, 2.45) is 0 Å². The van der Waals surface area contributed by atoms with Gasteiger partial charge in [0.05, 0.1) is 10.6 Å². The first-order valence-electron chi connectivity index (χ1n) is 9.09. The van der Waals surface area contributed by atoms with Gasteiger partial charge in [0.25, 0.3) is 15.9 Å². The van der Waals surface area contributed by atoms with E-state index in [-0.39, 0.29) is 10.8 Å². The lowest BCUT2D eigenvalue weighted by Gasteiger charge is -2.32. The zero-order valence-corrected chi connectivity index (χ0v) is 16.5. The van der Waals surface area contributed by atoms with E-state index in [2.05, 4.69) is 9.62 Å². The van der Waals surface area contributed by atoms with E-state index in [1.54, 1.807) is 29.2 Å². The van der Waals surface area contributed by atoms with Gasteiger partial charge in [0.1, 0.15) is 0 Å². The lowest BCUT2D eigenvalue weighted by Crippen LogP contribution is -2.47. The molecule has 1 saturated heterocycles. The van der Waals surface area contributed by atoms with Crippen molar-refractivity contribution in [1.29, 1.82) is 0 Å². The van der Waals surface area contributed by atoms with Crippen LogP contribution in [0.1, 0.15) is 22.8 Å². The van der Waals surface area contributed by atoms with Crippen LogP contribution in [0.4, 0.5) is 5.69 Å². The number of hydrogen-bond acceptors (Lipinski definition) is 4. The van der Waals surface area contributed by atoms with Gasteiger partial charge in [0.15, 0.2) is 0 Å². The van der Waals surface area contributed by atoms with Gasteiger partial charge in [-0.2, -0.15) is 0 Å². The molecule has 1 N–H and O–H groups in total. The van der Waals surface area contributed by atoms with E-state index in [1.807, 2.05) is 26.1 Å². The molecule has 0 spiro atoms. The van der Waals surface area contributed by atoms with Gasteiger partial charge < -0.3 is 9.80 Å². The highest BCUT2D eigenvalue weighted by atomic mass is 32.2. The zero-order chi connectivity index (χ0) is 19.4. The lowest BCUT2D eigenvalue weighted by molar-refractivity contribution is 0.0664. The Morgan fingerprint density at radius 3 is 2.44 bits per heavy atom. The van der Waals surface area contributed by atoms with Crippen molar-refractivity contribution in [2.45, 2.75) is 18.2 Å². The Morgan fingerprint density at radius 1 is 1.04 bits per heavy atom. The quantitative estimate of drug-likeness (QED) is 0.856. The summed E-state index contributed by atoms with van der Waals surface area (Å²) in [7, 11) is -1.75. The molecule has 0 aromatic heterocycles. The van der Waals surface area contributed by atoms with E-state index < -0.39 is 10.0 Å². The fraction of sp³-hybridized carbons (Fsp3) is 0.350. The molecule has 0 unspecified atom stereocenters. The average molecular weight is 388 g/mol. The standard InChI is InChI=1S/C20H25N3O3S/c1-3-16-7-4-5-10-19(16)21-27(25,26)18-9-6-8-17(15-18)20(24)23-13-11-22(2)12-14-23/h4-10,15,21H,3,11-14H2,1-2H3. The molecule has 2 aromatic carbocycles. The minimum Gasteiger partial charge on any atom is -0.336 e. The van der Waals surface area contributed by atoms with Crippen molar-refractivity contribution in [3.63, 3.8) is 0 Å². The summed E-state index contributed by atoms with van der Waals surface area (Å²) in [6.45, 7) is 4.91. The van der Waals surface area contributed by atoms with Crippen molar-refractivity contribution >= 4 is 21.6 Å². The summed E-state index contributed by atoms with van der Waals surface area (Å²) in [4.78, 5) is 16.8. The van der Waals surface area contributed by atoms with Gasteiger partial charge in [-0.1, -0.05) is 31.2 Å². The lowest BCUT2D eigenvalue weighted by atomic mass is 10.1. The minimum atomic E-state index is -3.77.